The van der Waals surface area contributed by atoms with Crippen molar-refractivity contribution in [3.8, 4) is 89.7 Å². The van der Waals surface area contributed by atoms with Gasteiger partial charge in [0.1, 0.15) is 11.6 Å². The van der Waals surface area contributed by atoms with E-state index >= 15 is 0 Å². The number of hydrogen-bond donors (Lipinski definition) is 1. The molecule has 0 bridgehead atoms. The molecule has 0 aliphatic heterocycles. The molecule has 0 saturated heterocycles. The fourth-order valence-corrected chi connectivity index (χ4v) is 9.75. The van der Waals surface area contributed by atoms with Crippen molar-refractivity contribution in [2.24, 2.45) is 0 Å². The molecule has 8 aromatic carbocycles. The van der Waals surface area contributed by atoms with Crippen molar-refractivity contribution in [2.75, 3.05) is 0 Å². The Labute approximate surface area is 420 Å². The van der Waals surface area contributed by atoms with Gasteiger partial charge in [-0.15, -0.1) is 0 Å². The minimum absolute atomic E-state index is 0.0428. The molecule has 10 aromatic rings. The lowest BCUT2D eigenvalue weighted by Crippen LogP contribution is -2.17. The summed E-state index contributed by atoms with van der Waals surface area (Å²) in [6.45, 7) is 20.1. The van der Waals surface area contributed by atoms with Gasteiger partial charge in [0.25, 0.3) is 0 Å². The number of aromatic nitrogens is 3. The Morgan fingerprint density at radius 1 is 0.437 bits per heavy atom. The van der Waals surface area contributed by atoms with Crippen LogP contribution in [0, 0.1) is 0 Å². The Hall–Kier alpha value is -7.82. The first-order valence-electron chi connectivity index (χ1n) is 25.0. The largest absolute Gasteiger partial charge is 0.507 e. The molecule has 2 aromatic heterocycles. The van der Waals surface area contributed by atoms with Gasteiger partial charge in [-0.1, -0.05) is 202 Å². The minimum atomic E-state index is -0.337. The molecule has 0 radical (unpaired) electrons. The molecule has 0 atom stereocenters. The topological polar surface area (TPSA) is 50.9 Å². The summed E-state index contributed by atoms with van der Waals surface area (Å²) in [6, 6.07) is 69.4. The number of rotatable bonds is 10. The lowest BCUT2D eigenvalue weighted by molar-refractivity contribution is 0.446. The van der Waals surface area contributed by atoms with Gasteiger partial charge in [-0.3, -0.25) is 9.55 Å². The predicted molar refractivity (Wildman–Crippen MR) is 299 cm³/mol. The Balaban J connectivity index is 1.23. The van der Waals surface area contributed by atoms with Crippen LogP contribution in [-0.2, 0) is 16.2 Å². The van der Waals surface area contributed by atoms with E-state index in [-0.39, 0.29) is 22.0 Å². The van der Waals surface area contributed by atoms with E-state index in [1.165, 1.54) is 16.7 Å². The van der Waals surface area contributed by atoms with Crippen molar-refractivity contribution < 1.29 is 5.11 Å². The van der Waals surface area contributed by atoms with E-state index in [0.717, 1.165) is 90.0 Å². The fraction of sp³-hybridized carbons (Fsp3) is 0.194. The van der Waals surface area contributed by atoms with E-state index in [4.69, 9.17) is 9.97 Å². The summed E-state index contributed by atoms with van der Waals surface area (Å²) in [6.07, 6.45) is 2.92. The normalized spacial score (nSPS) is 12.1. The van der Waals surface area contributed by atoms with Crippen molar-refractivity contribution in [1.29, 1.82) is 0 Å². The smallest absolute Gasteiger partial charge is 0.149 e. The van der Waals surface area contributed by atoms with Crippen LogP contribution < -0.4 is 0 Å². The zero-order valence-corrected chi connectivity index (χ0v) is 42.5. The van der Waals surface area contributed by atoms with Crippen molar-refractivity contribution in [1.82, 2.24) is 14.5 Å². The maximum absolute atomic E-state index is 12.7. The fourth-order valence-electron chi connectivity index (χ4n) is 9.75. The van der Waals surface area contributed by atoms with Crippen LogP contribution in [0.5, 0.6) is 5.75 Å². The Morgan fingerprint density at radius 3 is 1.62 bits per heavy atom. The van der Waals surface area contributed by atoms with Crippen LogP contribution >= 0.6 is 0 Å². The van der Waals surface area contributed by atoms with Gasteiger partial charge in [0.15, 0.2) is 0 Å². The lowest BCUT2D eigenvalue weighted by atomic mass is 9.78. The van der Waals surface area contributed by atoms with Crippen LogP contribution in [0.15, 0.2) is 200 Å². The molecular formula is C67H63N3O. The van der Waals surface area contributed by atoms with Crippen molar-refractivity contribution in [2.45, 2.75) is 85.0 Å². The lowest BCUT2D eigenvalue weighted by Gasteiger charge is -2.28. The summed E-state index contributed by atoms with van der Waals surface area (Å²) in [5.74, 6) is 0.941. The number of imidazole rings is 1. The second-order valence-corrected chi connectivity index (χ2v) is 21.7. The molecule has 0 unspecified atom stereocenters. The maximum Gasteiger partial charge on any atom is 0.149 e. The molecule has 0 fully saturated rings. The highest BCUT2D eigenvalue weighted by Gasteiger charge is 2.30. The molecule has 0 amide bonds. The van der Waals surface area contributed by atoms with E-state index < -0.39 is 0 Å². The van der Waals surface area contributed by atoms with Gasteiger partial charge < -0.3 is 5.11 Å². The first-order valence-corrected chi connectivity index (χ1v) is 25.0. The maximum atomic E-state index is 12.7. The second-order valence-electron chi connectivity index (χ2n) is 21.7. The highest BCUT2D eigenvalue weighted by molar-refractivity contribution is 5.98. The van der Waals surface area contributed by atoms with E-state index in [1.54, 1.807) is 0 Å². The SMILES string of the molecule is CCC(C)(C)c1ccc(-n2c(-c3cc(C(C)(C)C)cc(C(C)(C)C)c3O)nc3c(-c4cc(-c5ccccc5)cc(-c5cc(-c6ccc(-c7ccccc7)cc6)ccn5)c4)cccc32)c(-c2ccccc2)c1. The quantitative estimate of drug-likeness (QED) is 0.149. The molecule has 0 saturated carbocycles. The second kappa shape index (κ2) is 18.5. The molecule has 352 valence electrons. The van der Waals surface area contributed by atoms with E-state index in [2.05, 4.69) is 261 Å². The zero-order valence-electron chi connectivity index (χ0n) is 42.5. The molecule has 71 heavy (non-hydrogen) atoms. The summed E-state index contributed by atoms with van der Waals surface area (Å²) in [5.41, 5.74) is 19.1. The third kappa shape index (κ3) is 9.23. The molecule has 0 aliphatic carbocycles. The number of benzene rings is 8. The number of hydrogen-bond acceptors (Lipinski definition) is 3. The summed E-state index contributed by atoms with van der Waals surface area (Å²) in [4.78, 5) is 10.8. The summed E-state index contributed by atoms with van der Waals surface area (Å²) >= 11 is 0. The number of pyridine rings is 1. The summed E-state index contributed by atoms with van der Waals surface area (Å²) in [5, 5.41) is 12.7. The first-order chi connectivity index (χ1) is 34.1. The number of nitrogens with zero attached hydrogens (tertiary/aromatic N) is 3. The van der Waals surface area contributed by atoms with Crippen LogP contribution in [0.25, 0.3) is 95.0 Å². The summed E-state index contributed by atoms with van der Waals surface area (Å²) < 4.78 is 2.30. The molecule has 4 nitrogen and oxygen atoms in total. The highest BCUT2D eigenvalue weighted by Crippen LogP contribution is 2.46. The Bertz CT molecular complexity index is 3540. The zero-order chi connectivity index (χ0) is 49.7. The van der Waals surface area contributed by atoms with E-state index in [9.17, 15) is 5.11 Å². The van der Waals surface area contributed by atoms with Gasteiger partial charge in [-0.25, -0.2) is 4.98 Å². The van der Waals surface area contributed by atoms with E-state index in [0.29, 0.717) is 11.4 Å². The Morgan fingerprint density at radius 2 is 1.00 bits per heavy atom. The molecule has 2 heterocycles. The molecule has 1 N–H and O–H groups in total. The van der Waals surface area contributed by atoms with E-state index in [1.807, 2.05) is 6.20 Å². The minimum Gasteiger partial charge on any atom is -0.507 e. The van der Waals surface area contributed by atoms with Crippen LogP contribution in [0.2, 0.25) is 0 Å². The number of phenolic OH excluding ortho intramolecular Hbond substituents is 1. The third-order valence-corrected chi connectivity index (χ3v) is 14.4. The monoisotopic (exact) mass is 925 g/mol. The van der Waals surface area contributed by atoms with Crippen molar-refractivity contribution in [3.63, 3.8) is 0 Å². The molecular weight excluding hydrogens is 863 g/mol. The highest BCUT2D eigenvalue weighted by atomic mass is 16.3. The average molecular weight is 926 g/mol. The average Bonchev–Trinajstić information content (AvgIpc) is 3.78. The van der Waals surface area contributed by atoms with Gasteiger partial charge in [-0.2, -0.15) is 0 Å². The number of fused-ring (bicyclic) bond motifs is 1. The number of aromatic hydroxyl groups is 1. The number of para-hydroxylation sites is 1. The van der Waals surface area contributed by atoms with Gasteiger partial charge >= 0.3 is 0 Å². The van der Waals surface area contributed by atoms with Crippen molar-refractivity contribution >= 4 is 11.0 Å². The standard InChI is InChI=1S/C67H63N3O/c1-10-67(8,9)53-33-34-60(56(41-53)48-25-18-13-19-26-48)70-61-28-20-27-55(62(61)69-64(70)57-42-54(65(2,3)4)43-58(63(57)71)66(5,6)7)51-37-50(45-23-16-12-17-24-45)38-52(39-51)59-40-49(35-36-68-59)47-31-29-46(30-32-47)44-21-14-11-15-22-44/h11-43,71H,10H2,1-9H3. The molecule has 0 aliphatic rings. The van der Waals surface area contributed by atoms with Crippen LogP contribution in [0.1, 0.15) is 85.4 Å². The summed E-state index contributed by atoms with van der Waals surface area (Å²) in [7, 11) is 0. The van der Waals surface area contributed by atoms with Gasteiger partial charge in [-0.05, 0) is 133 Å². The Kier molecular flexibility index (Phi) is 12.2. The predicted octanol–water partition coefficient (Wildman–Crippen LogP) is 18.1. The number of phenols is 1. The van der Waals surface area contributed by atoms with Gasteiger partial charge in [0.05, 0.1) is 28.0 Å². The van der Waals surface area contributed by atoms with Crippen LogP contribution in [-0.4, -0.2) is 19.6 Å². The van der Waals surface area contributed by atoms with Gasteiger partial charge in [0.2, 0.25) is 0 Å². The van der Waals surface area contributed by atoms with Gasteiger partial charge in [0, 0.05) is 28.5 Å². The first kappa shape index (κ1) is 46.9. The van der Waals surface area contributed by atoms with Crippen molar-refractivity contribution in [3.05, 3.63) is 217 Å². The molecule has 0 spiro atoms. The molecule has 4 heteroatoms. The van der Waals surface area contributed by atoms with Crippen LogP contribution in [0.4, 0.5) is 0 Å². The molecule has 10 rings (SSSR count). The third-order valence-electron chi connectivity index (χ3n) is 14.4. The van der Waals surface area contributed by atoms with Crippen LogP contribution in [0.3, 0.4) is 0 Å².